The smallest absolute Gasteiger partial charge is 0.0540 e. The van der Waals surface area contributed by atoms with Crippen LogP contribution in [-0.4, -0.2) is 17.8 Å². The van der Waals surface area contributed by atoms with Crippen molar-refractivity contribution in [3.05, 3.63) is 0 Å². The topological polar surface area (TPSA) is 46.2 Å². The lowest BCUT2D eigenvalue weighted by molar-refractivity contribution is 0.0950. The molecule has 62 valence electrons. The Morgan fingerprint density at radius 2 is 1.80 bits per heavy atom. The fourth-order valence-corrected chi connectivity index (χ4v) is 0.387. The van der Waals surface area contributed by atoms with Crippen molar-refractivity contribution in [2.45, 2.75) is 39.2 Å². The Labute approximate surface area is 63.4 Å². The van der Waals surface area contributed by atoms with Gasteiger partial charge in [-0.05, 0) is 31.7 Å². The van der Waals surface area contributed by atoms with Crippen LogP contribution in [0.5, 0.6) is 0 Å². The third kappa shape index (κ3) is 6.05. The fourth-order valence-electron chi connectivity index (χ4n) is 0.387. The molecule has 1 aliphatic carbocycles. The van der Waals surface area contributed by atoms with Crippen LogP contribution in [0.25, 0.3) is 0 Å². The number of hydrogen-bond acceptors (Lipinski definition) is 2. The monoisotopic (exact) mass is 145 g/mol. The molecule has 2 nitrogen and oxygen atoms in total. The molecular formula is C8H19NO. The first-order chi connectivity index (χ1) is 4.66. The Bertz CT molecular complexity index is 65.7. The van der Waals surface area contributed by atoms with Gasteiger partial charge in [-0.1, -0.05) is 13.8 Å². The van der Waals surface area contributed by atoms with Gasteiger partial charge in [0.25, 0.3) is 0 Å². The van der Waals surface area contributed by atoms with Crippen molar-refractivity contribution >= 4 is 0 Å². The van der Waals surface area contributed by atoms with Crippen LogP contribution in [0.1, 0.15) is 33.1 Å². The van der Waals surface area contributed by atoms with Crippen LogP contribution >= 0.6 is 0 Å². The first-order valence-corrected chi connectivity index (χ1v) is 4.05. The van der Waals surface area contributed by atoms with E-state index in [-0.39, 0.29) is 6.10 Å². The fraction of sp³-hybridized carbons (Fsp3) is 1.00. The summed E-state index contributed by atoms with van der Waals surface area (Å²) in [7, 11) is 0. The number of rotatable bonds is 1. The molecule has 0 aliphatic heterocycles. The van der Waals surface area contributed by atoms with Crippen LogP contribution in [0.15, 0.2) is 0 Å². The SMILES string of the molecule is CC(C)CN.OC1CCC1. The molecular weight excluding hydrogens is 126 g/mol. The lowest BCUT2D eigenvalue weighted by Crippen LogP contribution is -2.15. The normalized spacial score (nSPS) is 17.7. The van der Waals surface area contributed by atoms with Gasteiger partial charge in [0.1, 0.15) is 0 Å². The van der Waals surface area contributed by atoms with E-state index in [1.165, 1.54) is 6.42 Å². The molecule has 0 bridgehead atoms. The molecule has 0 aromatic heterocycles. The van der Waals surface area contributed by atoms with Crippen molar-refractivity contribution in [1.82, 2.24) is 0 Å². The number of nitrogens with two attached hydrogens (primary N) is 1. The van der Waals surface area contributed by atoms with E-state index in [1.54, 1.807) is 0 Å². The maximum Gasteiger partial charge on any atom is 0.0540 e. The van der Waals surface area contributed by atoms with Crippen LogP contribution in [0.4, 0.5) is 0 Å². The molecule has 0 spiro atoms. The third-order valence-electron chi connectivity index (χ3n) is 1.55. The molecule has 3 N–H and O–H groups in total. The lowest BCUT2D eigenvalue weighted by Gasteiger charge is -2.17. The lowest BCUT2D eigenvalue weighted by atomic mass is 9.97. The summed E-state index contributed by atoms with van der Waals surface area (Å²) in [6.45, 7) is 5.00. The minimum absolute atomic E-state index is 0.0648. The second-order valence-corrected chi connectivity index (χ2v) is 3.21. The molecule has 0 aromatic carbocycles. The zero-order valence-electron chi connectivity index (χ0n) is 7.01. The van der Waals surface area contributed by atoms with Crippen LogP contribution in [0, 0.1) is 5.92 Å². The van der Waals surface area contributed by atoms with Gasteiger partial charge in [-0.15, -0.1) is 0 Å². The second kappa shape index (κ2) is 5.69. The molecule has 0 aromatic rings. The van der Waals surface area contributed by atoms with Gasteiger partial charge in [-0.25, -0.2) is 0 Å². The Morgan fingerprint density at radius 3 is 1.80 bits per heavy atom. The van der Waals surface area contributed by atoms with Crippen molar-refractivity contribution in [3.63, 3.8) is 0 Å². The van der Waals surface area contributed by atoms with Crippen molar-refractivity contribution in [2.24, 2.45) is 11.7 Å². The largest absolute Gasteiger partial charge is 0.393 e. The summed E-state index contributed by atoms with van der Waals surface area (Å²) < 4.78 is 0. The molecule has 0 unspecified atom stereocenters. The first-order valence-electron chi connectivity index (χ1n) is 4.05. The van der Waals surface area contributed by atoms with E-state index in [4.69, 9.17) is 10.8 Å². The molecule has 0 saturated heterocycles. The maximum atomic E-state index is 8.45. The molecule has 1 fully saturated rings. The highest BCUT2D eigenvalue weighted by atomic mass is 16.3. The molecule has 2 heteroatoms. The summed E-state index contributed by atoms with van der Waals surface area (Å²) in [5.41, 5.74) is 5.17. The Hall–Kier alpha value is -0.0800. The van der Waals surface area contributed by atoms with Gasteiger partial charge in [0.05, 0.1) is 6.10 Å². The predicted octanol–water partition coefficient (Wildman–Crippen LogP) is 1.13. The van der Waals surface area contributed by atoms with Crippen LogP contribution in [-0.2, 0) is 0 Å². The zero-order valence-corrected chi connectivity index (χ0v) is 7.01. The van der Waals surface area contributed by atoms with Gasteiger partial charge in [-0.2, -0.15) is 0 Å². The highest BCUT2D eigenvalue weighted by molar-refractivity contribution is 4.65. The van der Waals surface area contributed by atoms with Crippen LogP contribution < -0.4 is 5.73 Å². The molecule has 0 heterocycles. The van der Waals surface area contributed by atoms with E-state index in [9.17, 15) is 0 Å². The van der Waals surface area contributed by atoms with E-state index in [1.807, 2.05) is 0 Å². The number of hydrogen-bond donors (Lipinski definition) is 2. The number of aliphatic hydroxyl groups is 1. The Balaban J connectivity index is 0.000000162. The Morgan fingerprint density at radius 1 is 1.50 bits per heavy atom. The average Bonchev–Trinajstić information content (AvgIpc) is 1.85. The molecule has 0 radical (unpaired) electrons. The Kier molecular flexibility index (Phi) is 5.64. The summed E-state index contributed by atoms with van der Waals surface area (Å²) in [6, 6.07) is 0. The summed E-state index contributed by atoms with van der Waals surface area (Å²) in [5.74, 6) is 0.662. The van der Waals surface area contributed by atoms with Crippen LogP contribution in [0.3, 0.4) is 0 Å². The van der Waals surface area contributed by atoms with Crippen molar-refractivity contribution in [3.8, 4) is 0 Å². The van der Waals surface area contributed by atoms with Crippen molar-refractivity contribution < 1.29 is 5.11 Å². The van der Waals surface area contributed by atoms with Crippen molar-refractivity contribution in [1.29, 1.82) is 0 Å². The first kappa shape index (κ1) is 9.92. The summed E-state index contributed by atoms with van der Waals surface area (Å²) in [4.78, 5) is 0. The zero-order chi connectivity index (χ0) is 7.98. The molecule has 1 aliphatic rings. The second-order valence-electron chi connectivity index (χ2n) is 3.21. The van der Waals surface area contributed by atoms with E-state index in [0.717, 1.165) is 19.4 Å². The quantitative estimate of drug-likeness (QED) is 0.581. The maximum absolute atomic E-state index is 8.45. The van der Waals surface area contributed by atoms with E-state index in [0.29, 0.717) is 5.92 Å². The van der Waals surface area contributed by atoms with Gasteiger partial charge in [-0.3, -0.25) is 0 Å². The number of aliphatic hydroxyl groups excluding tert-OH is 1. The summed E-state index contributed by atoms with van der Waals surface area (Å²) in [5, 5.41) is 8.45. The van der Waals surface area contributed by atoms with E-state index < -0.39 is 0 Å². The molecule has 1 rings (SSSR count). The van der Waals surface area contributed by atoms with Gasteiger partial charge in [0, 0.05) is 0 Å². The summed E-state index contributed by atoms with van der Waals surface area (Å²) in [6.07, 6.45) is 3.39. The third-order valence-corrected chi connectivity index (χ3v) is 1.55. The minimum Gasteiger partial charge on any atom is -0.393 e. The van der Waals surface area contributed by atoms with E-state index in [2.05, 4.69) is 13.8 Å². The standard InChI is InChI=1S/C4H11N.C4H8O/c1-4(2)3-5;5-4-2-1-3-4/h4H,3,5H2,1-2H3;4-5H,1-3H2. The predicted molar refractivity (Wildman–Crippen MR) is 43.8 cm³/mol. The van der Waals surface area contributed by atoms with Gasteiger partial charge in [0.2, 0.25) is 0 Å². The highest BCUT2D eigenvalue weighted by Gasteiger charge is 2.11. The molecule has 0 amide bonds. The summed E-state index contributed by atoms with van der Waals surface area (Å²) >= 11 is 0. The van der Waals surface area contributed by atoms with Gasteiger partial charge >= 0.3 is 0 Å². The van der Waals surface area contributed by atoms with Gasteiger partial charge in [0.15, 0.2) is 0 Å². The average molecular weight is 145 g/mol. The molecule has 0 atom stereocenters. The van der Waals surface area contributed by atoms with Gasteiger partial charge < -0.3 is 10.8 Å². The molecule has 10 heavy (non-hydrogen) atoms. The highest BCUT2D eigenvalue weighted by Crippen LogP contribution is 2.16. The van der Waals surface area contributed by atoms with E-state index >= 15 is 0 Å². The minimum atomic E-state index is 0.0648. The van der Waals surface area contributed by atoms with Crippen LogP contribution in [0.2, 0.25) is 0 Å². The molecule has 1 saturated carbocycles. The van der Waals surface area contributed by atoms with Crippen molar-refractivity contribution in [2.75, 3.05) is 6.54 Å².